The van der Waals surface area contributed by atoms with Gasteiger partial charge in [0.2, 0.25) is 5.91 Å². The molecular formula is C30H34N4O. The van der Waals surface area contributed by atoms with E-state index in [9.17, 15) is 4.79 Å². The van der Waals surface area contributed by atoms with Crippen molar-refractivity contribution in [3.05, 3.63) is 120 Å². The number of hydrogen-bond acceptors (Lipinski definition) is 3. The molecule has 1 amide bonds. The van der Waals surface area contributed by atoms with Crippen molar-refractivity contribution >= 4 is 5.91 Å². The number of aromatic nitrogens is 3. The first kappa shape index (κ1) is 24.4. The van der Waals surface area contributed by atoms with Gasteiger partial charge in [0.1, 0.15) is 5.82 Å². The molecule has 2 N–H and O–H groups in total. The summed E-state index contributed by atoms with van der Waals surface area (Å²) in [6.07, 6.45) is 9.65. The summed E-state index contributed by atoms with van der Waals surface area (Å²) >= 11 is 0. The zero-order valence-electron chi connectivity index (χ0n) is 20.2. The molecule has 0 aliphatic rings. The van der Waals surface area contributed by atoms with Gasteiger partial charge in [-0.05, 0) is 48.9 Å². The van der Waals surface area contributed by atoms with Crippen LogP contribution >= 0.6 is 0 Å². The number of carbonyl (C=O) groups is 1. The second-order valence-corrected chi connectivity index (χ2v) is 8.90. The van der Waals surface area contributed by atoms with E-state index in [4.69, 9.17) is 0 Å². The van der Waals surface area contributed by atoms with Gasteiger partial charge in [-0.1, -0.05) is 66.7 Å². The average Bonchev–Trinajstić information content (AvgIpc) is 3.36. The largest absolute Gasteiger partial charge is 0.356 e. The lowest BCUT2D eigenvalue weighted by Gasteiger charge is -2.17. The van der Waals surface area contributed by atoms with Crippen LogP contribution < -0.4 is 5.32 Å². The summed E-state index contributed by atoms with van der Waals surface area (Å²) < 4.78 is 0. The first-order valence-corrected chi connectivity index (χ1v) is 12.6. The highest BCUT2D eigenvalue weighted by Gasteiger charge is 2.15. The molecule has 2 aromatic carbocycles. The first-order valence-electron chi connectivity index (χ1n) is 12.6. The standard InChI is InChI=1S/C30H34N4O/c35-30(17-8-7-15-26-16-9-10-21-31-26)32-22-20-27-23-33-29(34-27)19-18-28(24-11-3-1-4-12-24)25-13-5-2-6-14-25/h1-6,9-14,16,21,23,28H,7-8,15,17-20,22H2,(H,32,35)(H,33,34). The van der Waals surface area contributed by atoms with Gasteiger partial charge in [0, 0.05) is 55.5 Å². The van der Waals surface area contributed by atoms with E-state index in [0.29, 0.717) is 18.9 Å². The van der Waals surface area contributed by atoms with Crippen LogP contribution in [-0.2, 0) is 24.1 Å². The minimum Gasteiger partial charge on any atom is -0.356 e. The lowest BCUT2D eigenvalue weighted by Crippen LogP contribution is -2.25. The maximum absolute atomic E-state index is 12.1. The number of carbonyl (C=O) groups excluding carboxylic acids is 1. The van der Waals surface area contributed by atoms with Crippen molar-refractivity contribution in [1.82, 2.24) is 20.3 Å². The van der Waals surface area contributed by atoms with E-state index in [0.717, 1.165) is 55.7 Å². The Hall–Kier alpha value is -3.73. The molecule has 4 rings (SSSR count). The van der Waals surface area contributed by atoms with Crippen LogP contribution in [-0.4, -0.2) is 27.4 Å². The molecule has 2 heterocycles. The average molecular weight is 467 g/mol. The molecule has 0 spiro atoms. The van der Waals surface area contributed by atoms with Crippen LogP contribution in [0.1, 0.15) is 59.9 Å². The van der Waals surface area contributed by atoms with E-state index in [1.807, 2.05) is 30.6 Å². The van der Waals surface area contributed by atoms with Gasteiger partial charge in [0.15, 0.2) is 0 Å². The highest BCUT2D eigenvalue weighted by Crippen LogP contribution is 2.28. The summed E-state index contributed by atoms with van der Waals surface area (Å²) in [6, 6.07) is 27.3. The molecule has 0 saturated carbocycles. The molecule has 2 aromatic heterocycles. The molecule has 0 fully saturated rings. The molecule has 0 saturated heterocycles. The number of nitrogens with zero attached hydrogens (tertiary/aromatic N) is 2. The van der Waals surface area contributed by atoms with Gasteiger partial charge in [0.25, 0.3) is 0 Å². The monoisotopic (exact) mass is 466 g/mol. The van der Waals surface area contributed by atoms with Crippen molar-refractivity contribution in [3.63, 3.8) is 0 Å². The lowest BCUT2D eigenvalue weighted by atomic mass is 9.87. The Bertz CT molecular complexity index is 1100. The Kier molecular flexibility index (Phi) is 9.22. The van der Waals surface area contributed by atoms with Gasteiger partial charge in [-0.15, -0.1) is 0 Å². The number of nitrogens with one attached hydrogen (secondary N) is 2. The zero-order chi connectivity index (χ0) is 24.1. The van der Waals surface area contributed by atoms with E-state index in [1.165, 1.54) is 11.1 Å². The second-order valence-electron chi connectivity index (χ2n) is 8.90. The quantitative estimate of drug-likeness (QED) is 0.251. The number of hydrogen-bond donors (Lipinski definition) is 2. The number of benzene rings is 2. The molecule has 180 valence electrons. The number of imidazole rings is 1. The molecular weight excluding hydrogens is 432 g/mol. The van der Waals surface area contributed by atoms with Crippen molar-refractivity contribution in [1.29, 1.82) is 0 Å². The third-order valence-corrected chi connectivity index (χ3v) is 6.28. The van der Waals surface area contributed by atoms with Crippen LogP contribution in [0.5, 0.6) is 0 Å². The van der Waals surface area contributed by atoms with Crippen molar-refractivity contribution in [2.45, 2.75) is 50.9 Å². The molecule has 5 nitrogen and oxygen atoms in total. The van der Waals surface area contributed by atoms with Crippen LogP contribution in [0.3, 0.4) is 0 Å². The molecule has 0 aliphatic heterocycles. The summed E-state index contributed by atoms with van der Waals surface area (Å²) in [6.45, 7) is 0.622. The van der Waals surface area contributed by atoms with E-state index >= 15 is 0 Å². The van der Waals surface area contributed by atoms with Crippen molar-refractivity contribution in [2.24, 2.45) is 0 Å². The minimum absolute atomic E-state index is 0.110. The fourth-order valence-electron chi connectivity index (χ4n) is 4.40. The number of unbranched alkanes of at least 4 members (excludes halogenated alkanes) is 1. The lowest BCUT2D eigenvalue weighted by molar-refractivity contribution is -0.121. The molecule has 0 bridgehead atoms. The predicted octanol–water partition coefficient (Wildman–Crippen LogP) is 5.64. The smallest absolute Gasteiger partial charge is 0.220 e. The number of aryl methyl sites for hydroxylation is 2. The third-order valence-electron chi connectivity index (χ3n) is 6.28. The fourth-order valence-corrected chi connectivity index (χ4v) is 4.40. The van der Waals surface area contributed by atoms with Gasteiger partial charge < -0.3 is 10.3 Å². The highest BCUT2D eigenvalue weighted by molar-refractivity contribution is 5.75. The fraction of sp³-hybridized carbons (Fsp3) is 0.300. The van der Waals surface area contributed by atoms with Crippen LogP contribution in [0, 0.1) is 0 Å². The molecule has 5 heteroatoms. The number of H-pyrrole nitrogens is 1. The van der Waals surface area contributed by atoms with E-state index in [-0.39, 0.29) is 5.91 Å². The number of pyridine rings is 1. The van der Waals surface area contributed by atoms with Gasteiger partial charge in [0.05, 0.1) is 0 Å². The highest BCUT2D eigenvalue weighted by atomic mass is 16.1. The molecule has 4 aromatic rings. The van der Waals surface area contributed by atoms with Gasteiger partial charge in [-0.2, -0.15) is 0 Å². The molecule has 0 atom stereocenters. The Labute approximate surface area is 208 Å². The van der Waals surface area contributed by atoms with E-state index in [2.05, 4.69) is 80.9 Å². The SMILES string of the molecule is O=C(CCCCc1ccccn1)NCCc1cnc(CCC(c2ccccc2)c2ccccc2)[nH]1. The number of aromatic amines is 1. The summed E-state index contributed by atoms with van der Waals surface area (Å²) in [5.74, 6) is 1.44. The Morgan fingerprint density at radius 2 is 1.51 bits per heavy atom. The third kappa shape index (κ3) is 7.92. The van der Waals surface area contributed by atoms with Crippen LogP contribution in [0.2, 0.25) is 0 Å². The normalized spacial score (nSPS) is 11.0. The van der Waals surface area contributed by atoms with Gasteiger partial charge >= 0.3 is 0 Å². The molecule has 0 aliphatic carbocycles. The zero-order valence-corrected chi connectivity index (χ0v) is 20.2. The Morgan fingerprint density at radius 1 is 0.800 bits per heavy atom. The molecule has 0 radical (unpaired) electrons. The maximum Gasteiger partial charge on any atom is 0.220 e. The summed E-state index contributed by atoms with van der Waals surface area (Å²) in [4.78, 5) is 24.5. The number of amides is 1. The minimum atomic E-state index is 0.110. The number of rotatable bonds is 13. The van der Waals surface area contributed by atoms with Crippen molar-refractivity contribution in [2.75, 3.05) is 6.54 Å². The summed E-state index contributed by atoms with van der Waals surface area (Å²) in [5.41, 5.74) is 4.80. The van der Waals surface area contributed by atoms with Crippen molar-refractivity contribution < 1.29 is 4.79 Å². The van der Waals surface area contributed by atoms with E-state index in [1.54, 1.807) is 0 Å². The molecule has 35 heavy (non-hydrogen) atoms. The van der Waals surface area contributed by atoms with Crippen LogP contribution in [0.15, 0.2) is 91.3 Å². The van der Waals surface area contributed by atoms with Crippen LogP contribution in [0.4, 0.5) is 0 Å². The predicted molar refractivity (Wildman–Crippen MR) is 140 cm³/mol. The first-order chi connectivity index (χ1) is 17.3. The summed E-state index contributed by atoms with van der Waals surface area (Å²) in [7, 11) is 0. The topological polar surface area (TPSA) is 70.7 Å². The molecule has 0 unspecified atom stereocenters. The summed E-state index contributed by atoms with van der Waals surface area (Å²) in [5, 5.41) is 3.03. The second kappa shape index (κ2) is 13.2. The van der Waals surface area contributed by atoms with Gasteiger partial charge in [-0.3, -0.25) is 9.78 Å². The maximum atomic E-state index is 12.1. The Balaban J connectivity index is 1.18. The van der Waals surface area contributed by atoms with E-state index < -0.39 is 0 Å². The van der Waals surface area contributed by atoms with Crippen LogP contribution in [0.25, 0.3) is 0 Å². The van der Waals surface area contributed by atoms with Gasteiger partial charge in [-0.25, -0.2) is 4.98 Å². The Morgan fingerprint density at radius 3 is 2.20 bits per heavy atom. The van der Waals surface area contributed by atoms with Crippen molar-refractivity contribution in [3.8, 4) is 0 Å².